The summed E-state index contributed by atoms with van der Waals surface area (Å²) in [4.78, 5) is 25.6. The molecule has 0 saturated carbocycles. The van der Waals surface area contributed by atoms with Crippen LogP contribution in [0.3, 0.4) is 0 Å². The van der Waals surface area contributed by atoms with Crippen LogP contribution in [0.5, 0.6) is 0 Å². The van der Waals surface area contributed by atoms with E-state index in [9.17, 15) is 0 Å². The number of hydrogen-bond acceptors (Lipinski definition) is 5. The summed E-state index contributed by atoms with van der Waals surface area (Å²) in [5, 5.41) is 0. The first-order valence-corrected chi connectivity index (χ1v) is 3.35. The Balaban J connectivity index is 0. The second kappa shape index (κ2) is 4.76. The van der Waals surface area contributed by atoms with Crippen molar-refractivity contribution in [3.05, 3.63) is 0 Å². The summed E-state index contributed by atoms with van der Waals surface area (Å²) in [6.45, 7) is 0. The van der Waals surface area contributed by atoms with E-state index in [1.807, 2.05) is 0 Å². The Hall–Kier alpha value is 0.613. The summed E-state index contributed by atoms with van der Waals surface area (Å²) >= 11 is 1.00. The molecular formula is HGeO5P. The van der Waals surface area contributed by atoms with Gasteiger partial charge < -0.3 is 19.2 Å². The van der Waals surface area contributed by atoms with Gasteiger partial charge in [-0.05, 0) is 0 Å². The first-order chi connectivity index (χ1) is 3.00. The molecule has 0 spiro atoms. The predicted molar refractivity (Wildman–Crippen MR) is 15.6 cm³/mol. The van der Waals surface area contributed by atoms with E-state index in [2.05, 4.69) is 0 Å². The molecule has 0 aromatic heterocycles. The van der Waals surface area contributed by atoms with Crippen molar-refractivity contribution in [3.63, 3.8) is 0 Å². The Morgan fingerprint density at radius 1 is 1.29 bits per heavy atom. The number of hydrogen-bond donors (Lipinski definition) is 1. The molecule has 7 heavy (non-hydrogen) atoms. The topological polar surface area (TPSA) is 106 Å². The fourth-order valence-corrected chi connectivity index (χ4v) is 0. The zero-order chi connectivity index (χ0) is 6.50. The van der Waals surface area contributed by atoms with Crippen molar-refractivity contribution in [3.8, 4) is 0 Å². The second-order valence-electron chi connectivity index (χ2n) is 0.447. The van der Waals surface area contributed by atoms with Gasteiger partial charge in [-0.25, -0.2) is 0 Å². The zero-order valence-corrected chi connectivity index (χ0v) is 6.02. The molecule has 0 unspecified atom stereocenters. The summed E-state index contributed by atoms with van der Waals surface area (Å²) in [6.07, 6.45) is 0. The summed E-state index contributed by atoms with van der Waals surface area (Å²) in [7, 11) is -5.39. The minimum atomic E-state index is -5.39. The van der Waals surface area contributed by atoms with Crippen LogP contribution in [0.2, 0.25) is 0 Å². The monoisotopic (exact) mass is 186 g/mol. The molecule has 1 N–H and O–H groups in total. The Bertz CT molecular complexity index is 54.2. The van der Waals surface area contributed by atoms with Crippen LogP contribution in [0.15, 0.2) is 0 Å². The molecule has 40 valence electrons. The van der Waals surface area contributed by atoms with Gasteiger partial charge in [0.15, 0.2) is 0 Å². The predicted octanol–water partition coefficient (Wildman–Crippen LogP) is -3.76. The van der Waals surface area contributed by atoms with Crippen LogP contribution in [0.1, 0.15) is 0 Å². The standard InChI is InChI=1S/GeHO.H3O4P/c1-2;1-5(2,3)4/h2H;(H3,1,2,3,4)/q+3;/p-3. The SMILES string of the molecule is O=P([O-])([O-])[O-].[OH][Ge+3]. The second-order valence-corrected chi connectivity index (χ2v) is 1.34. The van der Waals surface area contributed by atoms with E-state index >= 15 is 0 Å². The molecule has 0 aromatic carbocycles. The van der Waals surface area contributed by atoms with Crippen LogP contribution in [-0.4, -0.2) is 21.0 Å². The van der Waals surface area contributed by atoms with Crippen molar-refractivity contribution in [2.24, 2.45) is 0 Å². The van der Waals surface area contributed by atoms with Gasteiger partial charge in [-0.3, -0.25) is 0 Å². The molecule has 0 aliphatic carbocycles. The average Bonchev–Trinajstić information content (AvgIpc) is 1.36. The summed E-state index contributed by atoms with van der Waals surface area (Å²) in [5.74, 6) is 0. The molecule has 0 fully saturated rings. The van der Waals surface area contributed by atoms with E-state index in [-0.39, 0.29) is 0 Å². The van der Waals surface area contributed by atoms with E-state index < -0.39 is 7.82 Å². The summed E-state index contributed by atoms with van der Waals surface area (Å²) in [5.41, 5.74) is 0. The van der Waals surface area contributed by atoms with E-state index in [1.165, 1.54) is 0 Å². The van der Waals surface area contributed by atoms with Crippen LogP contribution in [0.25, 0.3) is 0 Å². The zero-order valence-electron chi connectivity index (χ0n) is 3.03. The van der Waals surface area contributed by atoms with Crippen molar-refractivity contribution in [2.45, 2.75) is 0 Å². The summed E-state index contributed by atoms with van der Waals surface area (Å²) < 4.78 is 15.5. The van der Waals surface area contributed by atoms with Crippen LogP contribution in [0.4, 0.5) is 0 Å². The van der Waals surface area contributed by atoms with Gasteiger partial charge >= 0.3 is 21.0 Å². The van der Waals surface area contributed by atoms with E-state index in [0.29, 0.717) is 0 Å². The molecule has 0 bridgehead atoms. The molecule has 0 radical (unpaired) electrons. The van der Waals surface area contributed by atoms with E-state index in [0.717, 1.165) is 16.9 Å². The van der Waals surface area contributed by atoms with E-state index in [4.69, 9.17) is 23.4 Å². The van der Waals surface area contributed by atoms with Gasteiger partial charge in [-0.15, -0.1) is 0 Å². The molecule has 0 rings (SSSR count). The normalized spacial score (nSPS) is 9.43. The minimum absolute atomic E-state index is 1.00. The van der Waals surface area contributed by atoms with E-state index in [1.54, 1.807) is 0 Å². The Morgan fingerprint density at radius 2 is 1.29 bits per heavy atom. The van der Waals surface area contributed by atoms with Crippen molar-refractivity contribution < 1.29 is 23.4 Å². The Morgan fingerprint density at radius 3 is 1.29 bits per heavy atom. The van der Waals surface area contributed by atoms with Crippen LogP contribution in [0, 0.1) is 0 Å². The van der Waals surface area contributed by atoms with Gasteiger partial charge in [0, 0.05) is 0 Å². The maximum absolute atomic E-state index is 8.55. The van der Waals surface area contributed by atoms with Gasteiger partial charge in [-0.2, -0.15) is 7.82 Å². The maximum atomic E-state index is 8.55. The van der Waals surface area contributed by atoms with Gasteiger partial charge in [0.05, 0.1) is 0 Å². The summed E-state index contributed by atoms with van der Waals surface area (Å²) in [6, 6.07) is 0. The molecule has 7 heteroatoms. The molecule has 0 aromatic rings. The first-order valence-electron chi connectivity index (χ1n) is 0.954. The van der Waals surface area contributed by atoms with Gasteiger partial charge in [-0.1, -0.05) is 0 Å². The van der Waals surface area contributed by atoms with Crippen molar-refractivity contribution in [1.29, 1.82) is 0 Å². The van der Waals surface area contributed by atoms with Gasteiger partial charge in [0.25, 0.3) is 0 Å². The Kier molecular flexibility index (Phi) is 7.19. The third-order valence-corrected chi connectivity index (χ3v) is 0. The molecule has 5 nitrogen and oxygen atoms in total. The fourth-order valence-electron chi connectivity index (χ4n) is 0. The number of phosphoric acid groups is 1. The van der Waals surface area contributed by atoms with Crippen LogP contribution < -0.4 is 14.7 Å². The van der Waals surface area contributed by atoms with Crippen LogP contribution in [-0.2, 0) is 4.57 Å². The van der Waals surface area contributed by atoms with Crippen LogP contribution >= 0.6 is 7.82 Å². The molecule has 0 saturated heterocycles. The van der Waals surface area contributed by atoms with Crippen molar-refractivity contribution in [1.82, 2.24) is 0 Å². The van der Waals surface area contributed by atoms with Crippen molar-refractivity contribution >= 4 is 24.7 Å². The Labute approximate surface area is 48.8 Å². The first kappa shape index (κ1) is 10.6. The quantitative estimate of drug-likeness (QED) is 0.307. The molecule has 0 aliphatic rings. The fraction of sp³-hybridized carbons (Fsp3) is 0. The molecule has 0 aliphatic heterocycles. The molecular weight excluding hydrogens is 184 g/mol. The van der Waals surface area contributed by atoms with Crippen molar-refractivity contribution in [2.75, 3.05) is 0 Å². The molecule has 0 atom stereocenters. The molecule has 0 heterocycles. The average molecular weight is 185 g/mol. The molecule has 0 amide bonds. The third kappa shape index (κ3) is 375. The van der Waals surface area contributed by atoms with Gasteiger partial charge in [0.2, 0.25) is 0 Å². The van der Waals surface area contributed by atoms with Gasteiger partial charge in [0.1, 0.15) is 0 Å². The number of rotatable bonds is 0. The third-order valence-electron chi connectivity index (χ3n) is 0.